The van der Waals surface area contributed by atoms with Crippen molar-refractivity contribution in [3.8, 4) is 0 Å². The van der Waals surface area contributed by atoms with Gasteiger partial charge in [0.15, 0.2) is 23.3 Å². The molecule has 0 atom stereocenters. The predicted molar refractivity (Wildman–Crippen MR) is 146 cm³/mol. The Morgan fingerprint density at radius 2 is 0.738 bits per heavy atom. The highest BCUT2D eigenvalue weighted by atomic mass is 19.4. The van der Waals surface area contributed by atoms with Gasteiger partial charge in [0.25, 0.3) is 0 Å². The minimum atomic E-state index is -4.60. The molecule has 0 fully saturated rings. The second kappa shape index (κ2) is 9.13. The van der Waals surface area contributed by atoms with E-state index in [4.69, 9.17) is 9.97 Å². The third-order valence-electron chi connectivity index (χ3n) is 6.79. The molecule has 7 rings (SSSR count). The molecule has 0 unspecified atom stereocenters. The molecule has 0 radical (unpaired) electrons. The summed E-state index contributed by atoms with van der Waals surface area (Å²) in [7, 11) is 0. The van der Waals surface area contributed by atoms with Crippen LogP contribution in [0, 0.1) is 0 Å². The van der Waals surface area contributed by atoms with Crippen molar-refractivity contribution in [3.05, 3.63) is 108 Å². The van der Waals surface area contributed by atoms with Gasteiger partial charge in [-0.2, -0.15) is 26.3 Å². The van der Waals surface area contributed by atoms with Crippen LogP contribution in [-0.2, 0) is 12.4 Å². The van der Waals surface area contributed by atoms with E-state index < -0.39 is 23.5 Å². The van der Waals surface area contributed by atoms with Gasteiger partial charge in [-0.05, 0) is 60.7 Å². The molecule has 42 heavy (non-hydrogen) atoms. The van der Waals surface area contributed by atoms with E-state index in [1.165, 1.54) is 12.1 Å². The van der Waals surface area contributed by atoms with Crippen LogP contribution >= 0.6 is 0 Å². The van der Waals surface area contributed by atoms with Gasteiger partial charge >= 0.3 is 12.4 Å². The molecular formula is C30H16F6N6. The zero-order valence-electron chi connectivity index (χ0n) is 21.2. The maximum Gasteiger partial charge on any atom is 0.416 e. The van der Waals surface area contributed by atoms with E-state index in [-0.39, 0.29) is 45.3 Å². The molecule has 0 amide bonds. The van der Waals surface area contributed by atoms with E-state index in [9.17, 15) is 26.3 Å². The number of aromatic nitrogens is 4. The molecule has 1 aliphatic rings. The molecule has 0 N–H and O–H groups in total. The number of halogens is 6. The largest absolute Gasteiger partial charge is 0.416 e. The Morgan fingerprint density at radius 3 is 1.07 bits per heavy atom. The number of para-hydroxylation sites is 2. The average molecular weight is 574 g/mol. The molecular weight excluding hydrogens is 558 g/mol. The lowest BCUT2D eigenvalue weighted by atomic mass is 10.1. The van der Waals surface area contributed by atoms with Crippen LogP contribution in [0.2, 0.25) is 0 Å². The minimum Gasteiger partial charge on any atom is -0.273 e. The fraction of sp³-hybridized carbons (Fsp3) is 0.0667. The summed E-state index contributed by atoms with van der Waals surface area (Å²) in [5.41, 5.74) is -0.300. The smallest absolute Gasteiger partial charge is 0.273 e. The first kappa shape index (κ1) is 25.7. The van der Waals surface area contributed by atoms with Gasteiger partial charge in [-0.25, -0.2) is 19.9 Å². The summed E-state index contributed by atoms with van der Waals surface area (Å²) >= 11 is 0. The number of nitrogens with zero attached hydrogens (tertiary/aromatic N) is 6. The molecule has 6 aromatic rings. The van der Waals surface area contributed by atoms with Crippen LogP contribution in [0.5, 0.6) is 0 Å². The first-order valence-electron chi connectivity index (χ1n) is 12.6. The van der Waals surface area contributed by atoms with Gasteiger partial charge in [-0.15, -0.1) is 0 Å². The Hall–Kier alpha value is -5.26. The fourth-order valence-electron chi connectivity index (χ4n) is 4.87. The van der Waals surface area contributed by atoms with Gasteiger partial charge in [0.1, 0.15) is 0 Å². The number of hydrogen-bond acceptors (Lipinski definition) is 6. The molecule has 4 aromatic carbocycles. The van der Waals surface area contributed by atoms with Crippen molar-refractivity contribution in [2.75, 3.05) is 9.80 Å². The topological polar surface area (TPSA) is 58.0 Å². The summed E-state index contributed by atoms with van der Waals surface area (Å²) < 4.78 is 81.5. The summed E-state index contributed by atoms with van der Waals surface area (Å²) in [6.07, 6.45) is -9.21. The molecule has 0 aliphatic carbocycles. The fourth-order valence-corrected chi connectivity index (χ4v) is 4.87. The highest BCUT2D eigenvalue weighted by Gasteiger charge is 2.38. The molecule has 2 aromatic heterocycles. The van der Waals surface area contributed by atoms with E-state index in [2.05, 4.69) is 9.97 Å². The zero-order chi connectivity index (χ0) is 29.2. The van der Waals surface area contributed by atoms with E-state index in [1.54, 1.807) is 70.5 Å². The van der Waals surface area contributed by atoms with Crippen molar-refractivity contribution in [2.24, 2.45) is 0 Å². The van der Waals surface area contributed by atoms with E-state index >= 15 is 0 Å². The average Bonchev–Trinajstić information content (AvgIpc) is 2.97. The lowest BCUT2D eigenvalue weighted by molar-refractivity contribution is -0.138. The van der Waals surface area contributed by atoms with Gasteiger partial charge in [0, 0.05) is 11.4 Å². The van der Waals surface area contributed by atoms with Crippen molar-refractivity contribution in [1.82, 2.24) is 19.9 Å². The van der Waals surface area contributed by atoms with Crippen LogP contribution in [0.15, 0.2) is 97.1 Å². The second-order valence-corrected chi connectivity index (χ2v) is 9.49. The summed E-state index contributed by atoms with van der Waals surface area (Å²) in [6, 6.07) is 23.8. The monoisotopic (exact) mass is 574 g/mol. The van der Waals surface area contributed by atoms with Gasteiger partial charge in [-0.3, -0.25) is 9.80 Å². The predicted octanol–water partition coefficient (Wildman–Crippen LogP) is 8.86. The van der Waals surface area contributed by atoms with Gasteiger partial charge in [0.2, 0.25) is 0 Å². The molecule has 208 valence electrons. The number of fused-ring (bicyclic) bond motifs is 4. The minimum absolute atomic E-state index is 0.0194. The number of hydrogen-bond donors (Lipinski definition) is 0. The van der Waals surface area contributed by atoms with Gasteiger partial charge < -0.3 is 0 Å². The maximum absolute atomic E-state index is 13.6. The summed E-state index contributed by atoms with van der Waals surface area (Å²) in [5.74, 6) is 0.769. The van der Waals surface area contributed by atoms with Gasteiger partial charge in [-0.1, -0.05) is 36.4 Å². The van der Waals surface area contributed by atoms with E-state index in [1.807, 2.05) is 0 Å². The molecule has 0 saturated carbocycles. The highest BCUT2D eigenvalue weighted by molar-refractivity contribution is 6.00. The van der Waals surface area contributed by atoms with Crippen molar-refractivity contribution < 1.29 is 26.3 Å². The molecule has 0 spiro atoms. The highest BCUT2D eigenvalue weighted by Crippen LogP contribution is 2.52. The normalized spacial score (nSPS) is 13.4. The molecule has 0 saturated heterocycles. The van der Waals surface area contributed by atoms with Crippen molar-refractivity contribution in [3.63, 3.8) is 0 Å². The van der Waals surface area contributed by atoms with Crippen LogP contribution in [0.25, 0.3) is 22.1 Å². The summed E-state index contributed by atoms with van der Waals surface area (Å²) in [5, 5.41) is 0. The van der Waals surface area contributed by atoms with Crippen molar-refractivity contribution in [2.45, 2.75) is 12.4 Å². The Bertz CT molecular complexity index is 1870. The third kappa shape index (κ3) is 4.23. The lowest BCUT2D eigenvalue weighted by Crippen LogP contribution is -2.28. The SMILES string of the molecule is FC(F)(F)c1ccc2nc3c(nc2c1)N(c1ccccc1)c1nc2cc(C(F)(F)F)ccc2nc1N3c1ccccc1. The zero-order valence-corrected chi connectivity index (χ0v) is 21.2. The number of anilines is 6. The lowest BCUT2D eigenvalue weighted by Gasteiger charge is -2.36. The van der Waals surface area contributed by atoms with Gasteiger partial charge in [0.05, 0.1) is 33.2 Å². The first-order valence-corrected chi connectivity index (χ1v) is 12.6. The van der Waals surface area contributed by atoms with Crippen LogP contribution < -0.4 is 9.80 Å². The van der Waals surface area contributed by atoms with E-state index in [0.717, 1.165) is 24.3 Å². The maximum atomic E-state index is 13.6. The van der Waals surface area contributed by atoms with Crippen molar-refractivity contribution >= 4 is 56.7 Å². The molecule has 1 aliphatic heterocycles. The number of rotatable bonds is 2. The first-order chi connectivity index (χ1) is 20.1. The number of benzene rings is 4. The Kier molecular flexibility index (Phi) is 5.58. The summed E-state index contributed by atoms with van der Waals surface area (Å²) in [4.78, 5) is 21.9. The third-order valence-corrected chi connectivity index (χ3v) is 6.79. The Labute approximate surface area is 233 Å². The molecule has 12 heteroatoms. The van der Waals surface area contributed by atoms with E-state index in [0.29, 0.717) is 11.4 Å². The van der Waals surface area contributed by atoms with Crippen LogP contribution in [-0.4, -0.2) is 19.9 Å². The molecule has 0 bridgehead atoms. The second-order valence-electron chi connectivity index (χ2n) is 9.49. The Balaban J connectivity index is 1.57. The number of alkyl halides is 6. The quantitative estimate of drug-likeness (QED) is 0.192. The standard InChI is InChI=1S/C30H16F6N6/c31-29(32,33)17-11-13-21-23(15-17)39-27-25(37-21)41(19-7-3-1-4-8-19)26-28(42(27)20-9-5-2-6-10-20)40-24-16-18(30(34,35)36)12-14-22(24)38-26/h1-16H. The Morgan fingerprint density at radius 1 is 0.405 bits per heavy atom. The van der Waals surface area contributed by atoms with Crippen LogP contribution in [0.3, 0.4) is 0 Å². The van der Waals surface area contributed by atoms with Crippen LogP contribution in [0.4, 0.5) is 61.0 Å². The molecule has 3 heterocycles. The molecule has 6 nitrogen and oxygen atoms in total. The van der Waals surface area contributed by atoms with Crippen LogP contribution in [0.1, 0.15) is 11.1 Å². The summed E-state index contributed by atoms with van der Waals surface area (Å²) in [6.45, 7) is 0. The van der Waals surface area contributed by atoms with Crippen molar-refractivity contribution in [1.29, 1.82) is 0 Å².